The largest absolute Gasteiger partial charge is 0.335 e. The van der Waals surface area contributed by atoms with E-state index in [4.69, 9.17) is 0 Å². The molecule has 0 radical (unpaired) electrons. The number of benzene rings is 2. The average Bonchev–Trinajstić information content (AvgIpc) is 2.70. The Labute approximate surface area is 156 Å². The van der Waals surface area contributed by atoms with Crippen LogP contribution in [-0.2, 0) is 11.3 Å². The van der Waals surface area contributed by atoms with Crippen molar-refractivity contribution in [2.24, 2.45) is 0 Å². The van der Waals surface area contributed by atoms with Crippen LogP contribution in [0.5, 0.6) is 0 Å². The summed E-state index contributed by atoms with van der Waals surface area (Å²) in [4.78, 5) is 32.9. The van der Waals surface area contributed by atoms with E-state index in [2.05, 4.69) is 4.98 Å². The van der Waals surface area contributed by atoms with Crippen LogP contribution in [-0.4, -0.2) is 46.2 Å². The van der Waals surface area contributed by atoms with Crippen LogP contribution in [0.15, 0.2) is 60.8 Å². The van der Waals surface area contributed by atoms with E-state index in [9.17, 15) is 14.0 Å². The van der Waals surface area contributed by atoms with Gasteiger partial charge in [0.05, 0.1) is 11.1 Å². The molecule has 6 heteroatoms. The minimum absolute atomic E-state index is 0.00998. The minimum atomic E-state index is -0.327. The molecule has 3 aromatic rings. The summed E-state index contributed by atoms with van der Waals surface area (Å²) in [7, 11) is 0. The van der Waals surface area contributed by atoms with E-state index in [-0.39, 0.29) is 30.7 Å². The summed E-state index contributed by atoms with van der Waals surface area (Å²) >= 11 is 0. The predicted octanol–water partition coefficient (Wildman–Crippen LogP) is 2.86. The van der Waals surface area contributed by atoms with Gasteiger partial charge in [-0.05, 0) is 18.2 Å². The van der Waals surface area contributed by atoms with E-state index in [1.54, 1.807) is 40.3 Å². The minimum Gasteiger partial charge on any atom is -0.335 e. The third kappa shape index (κ3) is 3.38. The number of hydrogen-bond acceptors (Lipinski definition) is 3. The molecule has 1 aliphatic heterocycles. The Morgan fingerprint density at radius 1 is 1.04 bits per heavy atom. The van der Waals surface area contributed by atoms with Crippen molar-refractivity contribution in [3.05, 3.63) is 77.7 Å². The number of piperazine rings is 1. The number of fused-ring (bicyclic) bond motifs is 1. The molecule has 0 bridgehead atoms. The van der Waals surface area contributed by atoms with Gasteiger partial charge in [-0.1, -0.05) is 36.4 Å². The van der Waals surface area contributed by atoms with Gasteiger partial charge in [-0.25, -0.2) is 4.39 Å². The second-order valence-corrected chi connectivity index (χ2v) is 6.51. The number of rotatable bonds is 3. The van der Waals surface area contributed by atoms with Crippen molar-refractivity contribution in [2.45, 2.75) is 6.54 Å². The van der Waals surface area contributed by atoms with E-state index in [1.165, 1.54) is 6.07 Å². The first-order valence-electron chi connectivity index (χ1n) is 8.77. The summed E-state index contributed by atoms with van der Waals surface area (Å²) in [6.45, 7) is 0.993. The van der Waals surface area contributed by atoms with Gasteiger partial charge >= 0.3 is 0 Å². The number of halogens is 1. The van der Waals surface area contributed by atoms with E-state index in [0.717, 1.165) is 10.9 Å². The lowest BCUT2D eigenvalue weighted by atomic mass is 10.1. The summed E-state index contributed by atoms with van der Waals surface area (Å²) in [6.07, 6.45) is 1.60. The number of amides is 2. The molecule has 1 aromatic heterocycles. The Morgan fingerprint density at radius 3 is 2.63 bits per heavy atom. The summed E-state index contributed by atoms with van der Waals surface area (Å²) in [5.41, 5.74) is 1.76. The third-order valence-electron chi connectivity index (χ3n) is 4.80. The topological polar surface area (TPSA) is 53.5 Å². The molecule has 5 nitrogen and oxygen atoms in total. The average molecular weight is 363 g/mol. The van der Waals surface area contributed by atoms with Gasteiger partial charge < -0.3 is 9.80 Å². The number of carbonyl (C=O) groups is 2. The quantitative estimate of drug-likeness (QED) is 0.719. The fourth-order valence-corrected chi connectivity index (χ4v) is 3.33. The molecule has 0 spiro atoms. The summed E-state index contributed by atoms with van der Waals surface area (Å²) in [5.74, 6) is -0.698. The number of nitrogens with zero attached hydrogens (tertiary/aromatic N) is 3. The van der Waals surface area contributed by atoms with Crippen molar-refractivity contribution < 1.29 is 14.0 Å². The van der Waals surface area contributed by atoms with Crippen LogP contribution in [0.25, 0.3) is 10.9 Å². The lowest BCUT2D eigenvalue weighted by molar-refractivity contribution is -0.135. The number of carbonyl (C=O) groups excluding carboxylic acids is 2. The van der Waals surface area contributed by atoms with Crippen LogP contribution in [0.2, 0.25) is 0 Å². The maximum absolute atomic E-state index is 13.8. The Bertz CT molecular complexity index is 1020. The highest BCUT2D eigenvalue weighted by Crippen LogP contribution is 2.20. The molecule has 1 aliphatic rings. The first-order chi connectivity index (χ1) is 13.1. The third-order valence-corrected chi connectivity index (χ3v) is 4.80. The van der Waals surface area contributed by atoms with Gasteiger partial charge in [0.1, 0.15) is 12.4 Å². The zero-order valence-electron chi connectivity index (χ0n) is 14.6. The molecule has 27 heavy (non-hydrogen) atoms. The SMILES string of the molecule is O=C1CN(C(=O)c2ccnc3ccccc23)CCN1Cc1ccccc1F. The van der Waals surface area contributed by atoms with Gasteiger partial charge in [-0.2, -0.15) is 0 Å². The lowest BCUT2D eigenvalue weighted by Crippen LogP contribution is -2.51. The van der Waals surface area contributed by atoms with Crippen molar-refractivity contribution in [1.29, 1.82) is 0 Å². The van der Waals surface area contributed by atoms with Crippen LogP contribution in [0, 0.1) is 5.82 Å². The van der Waals surface area contributed by atoms with Crippen molar-refractivity contribution in [3.8, 4) is 0 Å². The first kappa shape index (κ1) is 17.1. The highest BCUT2D eigenvalue weighted by molar-refractivity contribution is 6.07. The molecule has 2 amide bonds. The standard InChI is InChI=1S/C21H18FN3O2/c22-18-7-3-1-5-15(18)13-24-11-12-25(14-20(24)26)21(27)17-9-10-23-19-8-4-2-6-16(17)19/h1-10H,11-14H2. The van der Waals surface area contributed by atoms with Gasteiger partial charge in [0.2, 0.25) is 5.91 Å². The lowest BCUT2D eigenvalue weighted by Gasteiger charge is -2.34. The molecule has 0 N–H and O–H groups in total. The number of aromatic nitrogens is 1. The number of para-hydroxylation sites is 1. The molecule has 2 heterocycles. The second-order valence-electron chi connectivity index (χ2n) is 6.51. The van der Waals surface area contributed by atoms with E-state index >= 15 is 0 Å². The smallest absolute Gasteiger partial charge is 0.255 e. The monoisotopic (exact) mass is 363 g/mol. The van der Waals surface area contributed by atoms with E-state index in [0.29, 0.717) is 24.2 Å². The molecular weight excluding hydrogens is 345 g/mol. The molecule has 2 aromatic carbocycles. The van der Waals surface area contributed by atoms with Gasteiger partial charge in [0, 0.05) is 36.8 Å². The molecule has 0 unspecified atom stereocenters. The molecule has 1 saturated heterocycles. The Morgan fingerprint density at radius 2 is 1.81 bits per heavy atom. The second kappa shape index (κ2) is 7.15. The normalized spacial score (nSPS) is 14.6. The van der Waals surface area contributed by atoms with E-state index < -0.39 is 0 Å². The molecule has 1 fully saturated rings. The van der Waals surface area contributed by atoms with Gasteiger partial charge in [0.25, 0.3) is 5.91 Å². The Kier molecular flexibility index (Phi) is 4.54. The van der Waals surface area contributed by atoms with Gasteiger partial charge in [-0.15, -0.1) is 0 Å². The maximum atomic E-state index is 13.8. The Hall–Kier alpha value is -3.28. The van der Waals surface area contributed by atoms with Crippen molar-refractivity contribution in [1.82, 2.24) is 14.8 Å². The fourth-order valence-electron chi connectivity index (χ4n) is 3.33. The summed E-state index contributed by atoms with van der Waals surface area (Å²) in [6, 6.07) is 15.5. The van der Waals surface area contributed by atoms with Gasteiger partial charge in [0.15, 0.2) is 0 Å². The van der Waals surface area contributed by atoms with Crippen molar-refractivity contribution in [3.63, 3.8) is 0 Å². The van der Waals surface area contributed by atoms with Gasteiger partial charge in [-0.3, -0.25) is 14.6 Å². The van der Waals surface area contributed by atoms with Crippen molar-refractivity contribution >= 4 is 22.7 Å². The molecule has 0 atom stereocenters. The van der Waals surface area contributed by atoms with Crippen LogP contribution in [0.3, 0.4) is 0 Å². The van der Waals surface area contributed by atoms with Crippen molar-refractivity contribution in [2.75, 3.05) is 19.6 Å². The zero-order chi connectivity index (χ0) is 18.8. The maximum Gasteiger partial charge on any atom is 0.255 e. The molecule has 0 aliphatic carbocycles. The summed E-state index contributed by atoms with van der Waals surface area (Å²) in [5, 5.41) is 0.770. The molecule has 136 valence electrons. The fraction of sp³-hybridized carbons (Fsp3) is 0.190. The molecule has 0 saturated carbocycles. The number of pyridine rings is 1. The summed E-state index contributed by atoms with van der Waals surface area (Å²) < 4.78 is 13.8. The van der Waals surface area contributed by atoms with E-state index in [1.807, 2.05) is 24.3 Å². The van der Waals surface area contributed by atoms with Crippen LogP contribution in [0.4, 0.5) is 4.39 Å². The predicted molar refractivity (Wildman–Crippen MR) is 99.5 cm³/mol. The molecule has 4 rings (SSSR count). The zero-order valence-corrected chi connectivity index (χ0v) is 14.6. The van der Waals surface area contributed by atoms with Crippen LogP contribution < -0.4 is 0 Å². The first-order valence-corrected chi connectivity index (χ1v) is 8.77. The number of hydrogen-bond donors (Lipinski definition) is 0. The van der Waals surface area contributed by atoms with Crippen LogP contribution >= 0.6 is 0 Å². The Balaban J connectivity index is 1.50. The highest BCUT2D eigenvalue weighted by atomic mass is 19.1. The highest BCUT2D eigenvalue weighted by Gasteiger charge is 2.28. The molecular formula is C21H18FN3O2. The van der Waals surface area contributed by atoms with Crippen LogP contribution in [0.1, 0.15) is 15.9 Å².